The largest absolute Gasteiger partial charge is 0.382 e. The van der Waals surface area contributed by atoms with Gasteiger partial charge in [0.2, 0.25) is 0 Å². The maximum atomic E-state index is 14.0. The van der Waals surface area contributed by atoms with Crippen LogP contribution in [0.5, 0.6) is 0 Å². The fourth-order valence-corrected chi connectivity index (χ4v) is 7.38. The van der Waals surface area contributed by atoms with Gasteiger partial charge >= 0.3 is 8.60 Å². The molecule has 11 nitrogen and oxygen atoms in total. The zero-order valence-electron chi connectivity index (χ0n) is 31.6. The standard InChI is InChI=1S/C40H61FN5O6P/c1-2-3-4-5-6-7-8-9-10-11-12-13-14-15-16-17-22-48-28-36(49-27-33-23-32(26-42)24-34(41)25-33)30-51-53(47)50-29-35-18-21-39(52-35)37-19-20-38-40(43)44-31-45-46(37)38/h19-20,23-25,31,35-36,39,47H,2-18,21-22,27-30H2,1H3,(H2,43,44,45). The minimum absolute atomic E-state index is 0.0208. The molecule has 0 bridgehead atoms. The third-order valence-corrected chi connectivity index (χ3v) is 10.4. The van der Waals surface area contributed by atoms with Crippen LogP contribution in [0.4, 0.5) is 10.2 Å². The van der Waals surface area contributed by atoms with Crippen molar-refractivity contribution in [2.45, 2.75) is 147 Å². The first-order valence-electron chi connectivity index (χ1n) is 19.8. The highest BCUT2D eigenvalue weighted by Crippen LogP contribution is 2.38. The molecule has 4 atom stereocenters. The first-order chi connectivity index (χ1) is 26.0. The van der Waals surface area contributed by atoms with Gasteiger partial charge in [0.1, 0.15) is 29.9 Å². The number of unbranched alkanes of at least 4 members (excludes halogenated alkanes) is 15. The van der Waals surface area contributed by atoms with Crippen LogP contribution in [-0.4, -0.2) is 58.1 Å². The zero-order valence-corrected chi connectivity index (χ0v) is 32.5. The SMILES string of the molecule is CCCCCCCCCCCCCCCCCCOCC(COP(O)OCC1CCC(c2ccc3c(N)ncnn23)O1)OCc1cc(F)cc(C#N)c1. The maximum Gasteiger partial charge on any atom is 0.330 e. The van der Waals surface area contributed by atoms with E-state index in [1.165, 1.54) is 108 Å². The van der Waals surface area contributed by atoms with Gasteiger partial charge in [-0.2, -0.15) is 10.4 Å². The summed E-state index contributed by atoms with van der Waals surface area (Å²) in [5, 5.41) is 13.5. The third kappa shape index (κ3) is 16.3. The molecule has 1 aliphatic heterocycles. The van der Waals surface area contributed by atoms with Gasteiger partial charge < -0.3 is 33.9 Å². The first kappa shape index (κ1) is 43.0. The van der Waals surface area contributed by atoms with Gasteiger partial charge in [0, 0.05) is 6.61 Å². The number of hydrogen-bond acceptors (Lipinski definition) is 10. The molecular formula is C40H61FN5O6P. The number of nitriles is 1. The van der Waals surface area contributed by atoms with Gasteiger partial charge in [-0.3, -0.25) is 0 Å². The van der Waals surface area contributed by atoms with Gasteiger partial charge in [0.15, 0.2) is 5.82 Å². The molecule has 13 heteroatoms. The number of nitrogens with two attached hydrogens (primary N) is 1. The second kappa shape index (κ2) is 25.4. The Morgan fingerprint density at radius 2 is 1.62 bits per heavy atom. The second-order valence-corrected chi connectivity index (χ2v) is 15.1. The minimum atomic E-state index is -2.20. The lowest BCUT2D eigenvalue weighted by atomic mass is 10.0. The smallest absolute Gasteiger partial charge is 0.330 e. The van der Waals surface area contributed by atoms with Crippen LogP contribution in [0.25, 0.3) is 5.52 Å². The van der Waals surface area contributed by atoms with Crippen LogP contribution in [0.2, 0.25) is 0 Å². The predicted molar refractivity (Wildman–Crippen MR) is 205 cm³/mol. The van der Waals surface area contributed by atoms with Crippen molar-refractivity contribution in [2.75, 3.05) is 32.2 Å². The number of halogens is 1. The van der Waals surface area contributed by atoms with E-state index in [1.54, 1.807) is 10.6 Å². The number of hydrogen-bond donors (Lipinski definition) is 2. The van der Waals surface area contributed by atoms with E-state index in [1.807, 2.05) is 18.2 Å². The van der Waals surface area contributed by atoms with Crippen LogP contribution < -0.4 is 5.73 Å². The highest BCUT2D eigenvalue weighted by molar-refractivity contribution is 7.40. The van der Waals surface area contributed by atoms with Gasteiger partial charge in [0.05, 0.1) is 49.9 Å². The molecule has 294 valence electrons. The molecule has 0 amide bonds. The first-order valence-corrected chi connectivity index (χ1v) is 21.0. The normalized spacial score (nSPS) is 17.0. The van der Waals surface area contributed by atoms with Crippen LogP contribution in [0.15, 0.2) is 36.7 Å². The lowest BCUT2D eigenvalue weighted by molar-refractivity contribution is -0.0493. The van der Waals surface area contributed by atoms with Gasteiger partial charge in [-0.15, -0.1) is 0 Å². The molecular weight excluding hydrogens is 696 g/mol. The molecule has 2 aromatic heterocycles. The summed E-state index contributed by atoms with van der Waals surface area (Å²) in [5.41, 5.74) is 8.34. The fraction of sp³-hybridized carbons (Fsp3) is 0.675. The molecule has 0 spiro atoms. The Bertz CT molecular complexity index is 1490. The lowest BCUT2D eigenvalue weighted by Crippen LogP contribution is -2.25. The summed E-state index contributed by atoms with van der Waals surface area (Å²) in [7, 11) is -2.20. The van der Waals surface area contributed by atoms with E-state index >= 15 is 0 Å². The van der Waals surface area contributed by atoms with E-state index in [2.05, 4.69) is 17.0 Å². The van der Waals surface area contributed by atoms with E-state index < -0.39 is 20.5 Å². The Balaban J connectivity index is 1.09. The molecule has 1 aliphatic rings. The summed E-state index contributed by atoms with van der Waals surface area (Å²) >= 11 is 0. The molecule has 53 heavy (non-hydrogen) atoms. The molecule has 3 aromatic rings. The Morgan fingerprint density at radius 1 is 0.943 bits per heavy atom. The van der Waals surface area contributed by atoms with Crippen LogP contribution in [0.1, 0.15) is 145 Å². The summed E-state index contributed by atoms with van der Waals surface area (Å²) in [6.45, 7) is 3.36. The van der Waals surface area contributed by atoms with Crippen molar-refractivity contribution in [2.24, 2.45) is 0 Å². The average molecular weight is 758 g/mol. The summed E-state index contributed by atoms with van der Waals surface area (Å²) in [6, 6.07) is 9.89. The van der Waals surface area contributed by atoms with Crippen LogP contribution in [0, 0.1) is 17.1 Å². The number of fused-ring (bicyclic) bond motifs is 1. The molecule has 3 N–H and O–H groups in total. The van der Waals surface area contributed by atoms with Crippen LogP contribution >= 0.6 is 8.60 Å². The second-order valence-electron chi connectivity index (χ2n) is 14.1. The monoisotopic (exact) mass is 757 g/mol. The van der Waals surface area contributed by atoms with Crippen LogP contribution in [-0.2, 0) is 29.9 Å². The van der Waals surface area contributed by atoms with E-state index in [4.69, 9.17) is 29.0 Å². The van der Waals surface area contributed by atoms with Gasteiger partial charge in [0.25, 0.3) is 0 Å². The summed E-state index contributed by atoms with van der Waals surface area (Å²) in [6.07, 6.45) is 23.0. The van der Waals surface area contributed by atoms with E-state index in [0.29, 0.717) is 18.0 Å². The highest BCUT2D eigenvalue weighted by Gasteiger charge is 2.30. The molecule has 0 radical (unpaired) electrons. The van der Waals surface area contributed by atoms with Crippen molar-refractivity contribution < 1.29 is 32.5 Å². The minimum Gasteiger partial charge on any atom is -0.382 e. The van der Waals surface area contributed by atoms with E-state index in [9.17, 15) is 14.5 Å². The zero-order chi connectivity index (χ0) is 37.5. The topological polar surface area (TPSA) is 146 Å². The van der Waals surface area contributed by atoms with Crippen molar-refractivity contribution in [3.8, 4) is 6.07 Å². The van der Waals surface area contributed by atoms with E-state index in [0.717, 1.165) is 36.9 Å². The fourth-order valence-electron chi connectivity index (χ4n) is 6.72. The number of aromatic nitrogens is 3. The quantitative estimate of drug-likeness (QED) is 0.0518. The highest BCUT2D eigenvalue weighted by atomic mass is 31.2. The van der Waals surface area contributed by atoms with Gasteiger partial charge in [-0.1, -0.05) is 103 Å². The van der Waals surface area contributed by atoms with Crippen molar-refractivity contribution in [3.05, 3.63) is 59.3 Å². The van der Waals surface area contributed by atoms with E-state index in [-0.39, 0.29) is 44.2 Å². The number of nitrogens with zero attached hydrogens (tertiary/aromatic N) is 4. The summed E-state index contributed by atoms with van der Waals surface area (Å²) in [5.74, 6) is -0.0932. The Kier molecular flexibility index (Phi) is 20.6. The Labute approximate surface area is 316 Å². The van der Waals surface area contributed by atoms with Gasteiger partial charge in [-0.25, -0.2) is 13.9 Å². The van der Waals surface area contributed by atoms with Crippen molar-refractivity contribution in [1.29, 1.82) is 5.26 Å². The molecule has 4 unspecified atom stereocenters. The van der Waals surface area contributed by atoms with Crippen molar-refractivity contribution in [1.82, 2.24) is 14.6 Å². The number of ether oxygens (including phenoxy) is 3. The molecule has 4 rings (SSSR count). The van der Waals surface area contributed by atoms with Crippen LogP contribution in [0.3, 0.4) is 0 Å². The molecule has 1 saturated heterocycles. The number of benzene rings is 1. The van der Waals surface area contributed by atoms with Crippen molar-refractivity contribution >= 4 is 19.9 Å². The predicted octanol–water partition coefficient (Wildman–Crippen LogP) is 9.66. The van der Waals surface area contributed by atoms with Gasteiger partial charge in [-0.05, 0) is 55.2 Å². The summed E-state index contributed by atoms with van der Waals surface area (Å²) in [4.78, 5) is 14.6. The Morgan fingerprint density at radius 3 is 2.30 bits per heavy atom. The number of nitrogen functional groups attached to an aromatic ring is 1. The number of rotatable bonds is 29. The molecule has 1 fully saturated rings. The summed E-state index contributed by atoms with van der Waals surface area (Å²) < 4.78 is 45.2. The molecule has 1 aromatic carbocycles. The lowest BCUT2D eigenvalue weighted by Gasteiger charge is -2.20. The van der Waals surface area contributed by atoms with Crippen molar-refractivity contribution in [3.63, 3.8) is 0 Å². The average Bonchev–Trinajstić information content (AvgIpc) is 3.82. The maximum absolute atomic E-state index is 14.0. The molecule has 0 aliphatic carbocycles. The number of anilines is 1. The third-order valence-electron chi connectivity index (χ3n) is 9.71. The Hall–Kier alpha value is -2.75. The molecule has 0 saturated carbocycles. The molecule has 3 heterocycles.